The summed E-state index contributed by atoms with van der Waals surface area (Å²) >= 11 is 0. The van der Waals surface area contributed by atoms with E-state index in [1.807, 2.05) is 0 Å². The highest BCUT2D eigenvalue weighted by atomic mass is 16.3. The van der Waals surface area contributed by atoms with Gasteiger partial charge in [-0.2, -0.15) is 0 Å². The number of benzene rings is 1. The number of nitrogens with one attached hydrogen (secondary N) is 2. The highest BCUT2D eigenvalue weighted by Gasteiger charge is 2.11. The Morgan fingerprint density at radius 1 is 1.25 bits per heavy atom. The number of likely N-dealkylation sites (N-methyl/N-ethyl adjacent to an activating group) is 1. The summed E-state index contributed by atoms with van der Waals surface area (Å²) in [5.41, 5.74) is 2.37. The van der Waals surface area contributed by atoms with Crippen LogP contribution in [0.3, 0.4) is 0 Å². The smallest absolute Gasteiger partial charge is 0.0606 e. The van der Waals surface area contributed by atoms with Gasteiger partial charge in [0.1, 0.15) is 0 Å². The highest BCUT2D eigenvalue weighted by Crippen LogP contribution is 2.20. The van der Waals surface area contributed by atoms with Gasteiger partial charge in [-0.1, -0.05) is 0 Å². The van der Waals surface area contributed by atoms with Gasteiger partial charge in [-0.3, -0.25) is 0 Å². The Morgan fingerprint density at radius 3 is 2.75 bits per heavy atom. The van der Waals surface area contributed by atoms with Gasteiger partial charge in [0.25, 0.3) is 0 Å². The molecule has 0 saturated carbocycles. The van der Waals surface area contributed by atoms with E-state index in [-0.39, 0.29) is 6.61 Å². The zero-order chi connectivity index (χ0) is 14.2. The zero-order valence-corrected chi connectivity index (χ0v) is 12.4. The lowest BCUT2D eigenvalue weighted by Gasteiger charge is -2.23. The largest absolute Gasteiger partial charge is 0.395 e. The van der Waals surface area contributed by atoms with Gasteiger partial charge in [-0.05, 0) is 63.5 Å². The van der Waals surface area contributed by atoms with Crippen molar-refractivity contribution in [3.63, 3.8) is 0 Å². The van der Waals surface area contributed by atoms with Gasteiger partial charge in [0, 0.05) is 30.5 Å². The third-order valence-electron chi connectivity index (χ3n) is 3.93. The fraction of sp³-hybridized carbons (Fsp3) is 0.625. The third kappa shape index (κ3) is 4.39. The maximum absolute atomic E-state index is 9.07. The monoisotopic (exact) mass is 277 g/mol. The van der Waals surface area contributed by atoms with Gasteiger partial charge >= 0.3 is 0 Å². The van der Waals surface area contributed by atoms with Crippen LogP contribution in [-0.2, 0) is 0 Å². The SMILES string of the molecule is CCN(CCO)c1ccc(NC2CCCNCC2)cc1. The van der Waals surface area contributed by atoms with Crippen LogP contribution in [0.25, 0.3) is 0 Å². The molecule has 1 unspecified atom stereocenters. The van der Waals surface area contributed by atoms with Gasteiger partial charge in [0.2, 0.25) is 0 Å². The number of nitrogens with zero attached hydrogens (tertiary/aromatic N) is 1. The van der Waals surface area contributed by atoms with E-state index in [1.54, 1.807) is 0 Å². The van der Waals surface area contributed by atoms with E-state index in [9.17, 15) is 0 Å². The molecule has 0 spiro atoms. The molecule has 2 rings (SSSR count). The molecule has 0 aromatic heterocycles. The standard InChI is InChI=1S/C16H27N3O/c1-2-19(12-13-20)16-7-5-15(6-8-16)18-14-4-3-10-17-11-9-14/h5-8,14,17-18,20H,2-4,9-13H2,1H3. The lowest BCUT2D eigenvalue weighted by atomic mass is 10.1. The summed E-state index contributed by atoms with van der Waals surface area (Å²) in [5.74, 6) is 0. The molecule has 0 bridgehead atoms. The summed E-state index contributed by atoms with van der Waals surface area (Å²) in [6, 6.07) is 9.14. The van der Waals surface area contributed by atoms with Crippen molar-refractivity contribution in [3.05, 3.63) is 24.3 Å². The Kier molecular flexibility index (Phi) is 6.15. The number of rotatable bonds is 6. The molecule has 0 aliphatic carbocycles. The molecular formula is C16H27N3O. The molecule has 4 heteroatoms. The lowest BCUT2D eigenvalue weighted by Crippen LogP contribution is -2.26. The van der Waals surface area contributed by atoms with Crippen LogP contribution in [-0.4, -0.2) is 43.9 Å². The Morgan fingerprint density at radius 2 is 2.05 bits per heavy atom. The number of hydrogen-bond acceptors (Lipinski definition) is 4. The molecule has 1 atom stereocenters. The van der Waals surface area contributed by atoms with Crippen molar-refractivity contribution in [1.82, 2.24) is 5.32 Å². The number of hydrogen-bond donors (Lipinski definition) is 3. The van der Waals surface area contributed by atoms with Crippen LogP contribution in [0.1, 0.15) is 26.2 Å². The van der Waals surface area contributed by atoms with Crippen LogP contribution in [0.4, 0.5) is 11.4 Å². The minimum Gasteiger partial charge on any atom is -0.395 e. The predicted octanol–water partition coefficient (Wildman–Crippen LogP) is 2.06. The van der Waals surface area contributed by atoms with Gasteiger partial charge in [0.05, 0.1) is 6.61 Å². The van der Waals surface area contributed by atoms with Crippen molar-refractivity contribution in [1.29, 1.82) is 0 Å². The van der Waals surface area contributed by atoms with Crippen molar-refractivity contribution in [3.8, 4) is 0 Å². The molecule has 0 amide bonds. The molecule has 1 heterocycles. The summed E-state index contributed by atoms with van der Waals surface area (Å²) in [4.78, 5) is 2.18. The highest BCUT2D eigenvalue weighted by molar-refractivity contribution is 5.55. The fourth-order valence-electron chi connectivity index (χ4n) is 2.76. The first-order valence-corrected chi connectivity index (χ1v) is 7.76. The quantitative estimate of drug-likeness (QED) is 0.745. The normalized spacial score (nSPS) is 19.4. The van der Waals surface area contributed by atoms with Gasteiger partial charge in [0.15, 0.2) is 0 Å². The summed E-state index contributed by atoms with van der Waals surface area (Å²) in [6.07, 6.45) is 3.67. The second-order valence-corrected chi connectivity index (χ2v) is 5.37. The molecule has 20 heavy (non-hydrogen) atoms. The topological polar surface area (TPSA) is 47.5 Å². The van der Waals surface area contributed by atoms with Crippen LogP contribution in [0, 0.1) is 0 Å². The first-order chi connectivity index (χ1) is 9.83. The molecule has 1 aromatic carbocycles. The molecule has 1 fully saturated rings. The second-order valence-electron chi connectivity index (χ2n) is 5.37. The fourth-order valence-corrected chi connectivity index (χ4v) is 2.76. The first-order valence-electron chi connectivity index (χ1n) is 7.76. The van der Waals surface area contributed by atoms with Crippen molar-refractivity contribution in [2.45, 2.75) is 32.2 Å². The van der Waals surface area contributed by atoms with Crippen LogP contribution in [0.5, 0.6) is 0 Å². The minimum absolute atomic E-state index is 0.197. The first kappa shape index (κ1) is 15.1. The van der Waals surface area contributed by atoms with Gasteiger partial charge in [-0.25, -0.2) is 0 Å². The average molecular weight is 277 g/mol. The van der Waals surface area contributed by atoms with E-state index < -0.39 is 0 Å². The van der Waals surface area contributed by atoms with E-state index in [2.05, 4.69) is 46.7 Å². The van der Waals surface area contributed by atoms with Crippen LogP contribution in [0.15, 0.2) is 24.3 Å². The molecule has 1 aromatic rings. The predicted molar refractivity (Wildman–Crippen MR) is 85.5 cm³/mol. The summed E-state index contributed by atoms with van der Waals surface area (Å²) < 4.78 is 0. The maximum Gasteiger partial charge on any atom is 0.0606 e. The summed E-state index contributed by atoms with van der Waals surface area (Å²) in [5, 5.41) is 16.1. The van der Waals surface area contributed by atoms with Crippen LogP contribution >= 0.6 is 0 Å². The van der Waals surface area contributed by atoms with E-state index in [0.29, 0.717) is 12.6 Å². The summed E-state index contributed by atoms with van der Waals surface area (Å²) in [6.45, 7) is 6.17. The second kappa shape index (κ2) is 8.12. The number of anilines is 2. The summed E-state index contributed by atoms with van der Waals surface area (Å²) in [7, 11) is 0. The van der Waals surface area contributed by atoms with E-state index in [0.717, 1.165) is 19.6 Å². The van der Waals surface area contributed by atoms with Crippen LogP contribution < -0.4 is 15.5 Å². The van der Waals surface area contributed by atoms with Gasteiger partial charge < -0.3 is 20.6 Å². The molecule has 3 N–H and O–H groups in total. The van der Waals surface area contributed by atoms with E-state index in [4.69, 9.17) is 5.11 Å². The Hall–Kier alpha value is -1.26. The van der Waals surface area contributed by atoms with Crippen molar-refractivity contribution in [2.75, 3.05) is 43.0 Å². The molecule has 0 radical (unpaired) electrons. The Balaban J connectivity index is 1.93. The number of aliphatic hydroxyl groups excluding tert-OH is 1. The molecule has 112 valence electrons. The molecule has 1 aliphatic rings. The molecule has 1 saturated heterocycles. The maximum atomic E-state index is 9.07. The van der Waals surface area contributed by atoms with Crippen molar-refractivity contribution >= 4 is 11.4 Å². The minimum atomic E-state index is 0.197. The Labute approximate surface area is 122 Å². The lowest BCUT2D eigenvalue weighted by molar-refractivity contribution is 0.302. The number of aliphatic hydroxyl groups is 1. The third-order valence-corrected chi connectivity index (χ3v) is 3.93. The molecular weight excluding hydrogens is 250 g/mol. The Bertz CT molecular complexity index is 372. The average Bonchev–Trinajstić information content (AvgIpc) is 2.74. The van der Waals surface area contributed by atoms with Crippen molar-refractivity contribution < 1.29 is 5.11 Å². The van der Waals surface area contributed by atoms with E-state index >= 15 is 0 Å². The molecule has 1 aliphatic heterocycles. The van der Waals surface area contributed by atoms with Gasteiger partial charge in [-0.15, -0.1) is 0 Å². The van der Waals surface area contributed by atoms with Crippen molar-refractivity contribution in [2.24, 2.45) is 0 Å². The molecule has 4 nitrogen and oxygen atoms in total. The van der Waals surface area contributed by atoms with E-state index in [1.165, 1.54) is 30.6 Å². The zero-order valence-electron chi connectivity index (χ0n) is 12.4. The van der Waals surface area contributed by atoms with Crippen LogP contribution in [0.2, 0.25) is 0 Å².